The first-order chi connectivity index (χ1) is 38.5. The summed E-state index contributed by atoms with van der Waals surface area (Å²) < 4.78 is 0. The number of likely N-dealkylation sites (N-methyl/N-ethyl adjacent to an activating group) is 1. The molecule has 0 radical (unpaired) electrons. The highest BCUT2D eigenvalue weighted by molar-refractivity contribution is 8.76. The van der Waals surface area contributed by atoms with Crippen molar-refractivity contribution in [3.05, 3.63) is 130 Å². The van der Waals surface area contributed by atoms with Crippen molar-refractivity contribution in [2.45, 2.75) is 113 Å². The van der Waals surface area contributed by atoms with E-state index in [1.807, 2.05) is 0 Å². The van der Waals surface area contributed by atoms with E-state index in [-0.39, 0.29) is 60.7 Å². The van der Waals surface area contributed by atoms with Gasteiger partial charge in [-0.2, -0.15) is 0 Å². The maximum absolute atomic E-state index is 14.8. The minimum Gasteiger partial charge on any atom is -0.508 e. The number of hydrogen-bond donors (Lipinski definition) is 13. The summed E-state index contributed by atoms with van der Waals surface area (Å²) in [5.74, 6) is -8.58. The highest BCUT2D eigenvalue weighted by Gasteiger charge is 2.38. The molecule has 0 spiro atoms. The van der Waals surface area contributed by atoms with Gasteiger partial charge >= 0.3 is 0 Å². The lowest BCUT2D eigenvalue weighted by Gasteiger charge is -2.31. The minimum atomic E-state index is -1.76. The number of nitrogens with zero attached hydrogens (tertiary/aromatic N) is 1. The Hall–Kier alpha value is -7.42. The molecule has 5 rings (SSSR count). The summed E-state index contributed by atoms with van der Waals surface area (Å²) in [6.07, 6.45) is -0.770. The fourth-order valence-corrected chi connectivity index (χ4v) is 11.0. The Kier molecular flexibility index (Phi) is 25.1. The Morgan fingerprint density at radius 3 is 1.69 bits per heavy atom. The Morgan fingerprint density at radius 1 is 0.654 bits per heavy atom. The van der Waals surface area contributed by atoms with Crippen molar-refractivity contribution in [2.75, 3.05) is 25.1 Å². The molecule has 4 aromatic carbocycles. The number of carbonyl (C=O) groups is 9. The quantitative estimate of drug-likeness (QED) is 0.0408. The number of primary amides is 2. The first kappa shape index (κ1) is 64.4. The summed E-state index contributed by atoms with van der Waals surface area (Å²) in [7, 11) is 3.23. The summed E-state index contributed by atoms with van der Waals surface area (Å²) in [6.45, 7) is 1.54. The Labute approximate surface area is 481 Å². The molecule has 0 unspecified atom stereocenters. The second-order valence-electron chi connectivity index (χ2n) is 19.6. The van der Waals surface area contributed by atoms with Crippen molar-refractivity contribution in [3.8, 4) is 11.5 Å². The molecule has 9 atom stereocenters. The summed E-state index contributed by atoms with van der Waals surface area (Å²) in [5.41, 5.74) is 25.7. The van der Waals surface area contributed by atoms with Crippen LogP contribution in [0.3, 0.4) is 0 Å². The molecule has 26 heteroatoms. The molecule has 1 heterocycles. The number of phenols is 2. The number of aliphatic hydroxyl groups excluding tert-OH is 1. The van der Waals surface area contributed by atoms with E-state index in [4.69, 9.17) is 34.5 Å². The van der Waals surface area contributed by atoms with E-state index in [0.29, 0.717) is 53.1 Å². The number of halogens is 1. The Morgan fingerprint density at radius 2 is 1.15 bits per heavy atom. The molecule has 0 bridgehead atoms. The average molecular weight is 1180 g/mol. The molecule has 1 fully saturated rings. The van der Waals surface area contributed by atoms with Crippen LogP contribution in [0.1, 0.15) is 65.2 Å². The molecular formula is C55H70ClN11O12S2. The van der Waals surface area contributed by atoms with Crippen molar-refractivity contribution >= 4 is 86.4 Å². The largest absolute Gasteiger partial charge is 0.508 e. The van der Waals surface area contributed by atoms with Gasteiger partial charge in [0.1, 0.15) is 53.8 Å². The van der Waals surface area contributed by atoms with Crippen LogP contribution in [0.4, 0.5) is 0 Å². The predicted octanol–water partition coefficient (Wildman–Crippen LogP) is -0.0360. The van der Waals surface area contributed by atoms with E-state index < -0.39 is 108 Å². The van der Waals surface area contributed by atoms with Gasteiger partial charge in [-0.3, -0.25) is 43.2 Å². The van der Waals surface area contributed by atoms with Gasteiger partial charge in [0, 0.05) is 48.4 Å². The zero-order valence-electron chi connectivity index (χ0n) is 44.7. The number of aliphatic hydroxyl groups is 1. The summed E-state index contributed by atoms with van der Waals surface area (Å²) >= 11 is 6.08. The van der Waals surface area contributed by atoms with Crippen LogP contribution in [0.5, 0.6) is 11.5 Å². The molecule has 4 aromatic rings. The minimum absolute atomic E-state index is 0.0228. The van der Waals surface area contributed by atoms with Crippen LogP contribution in [0.25, 0.3) is 0 Å². The number of carbonyl (C=O) groups excluding carboxylic acids is 9. The van der Waals surface area contributed by atoms with Gasteiger partial charge in [0.25, 0.3) is 0 Å². The van der Waals surface area contributed by atoms with E-state index in [2.05, 4.69) is 31.9 Å². The van der Waals surface area contributed by atoms with E-state index in [0.717, 1.165) is 26.5 Å². The number of aromatic hydroxyl groups is 2. The summed E-state index contributed by atoms with van der Waals surface area (Å²) in [6, 6.07) is 12.4. The number of nitrogens with one attached hydrogen (secondary N) is 6. The summed E-state index contributed by atoms with van der Waals surface area (Å²) in [5, 5.41) is 47.5. The molecule has 436 valence electrons. The maximum Gasteiger partial charge on any atom is 0.248 e. The molecule has 9 amide bonds. The number of amides is 9. The fourth-order valence-electron chi connectivity index (χ4n) is 8.52. The van der Waals surface area contributed by atoms with Gasteiger partial charge in [-0.25, -0.2) is 0 Å². The highest BCUT2D eigenvalue weighted by atomic mass is 35.5. The van der Waals surface area contributed by atoms with E-state index in [9.17, 15) is 58.5 Å². The zero-order valence-corrected chi connectivity index (χ0v) is 47.1. The van der Waals surface area contributed by atoms with Crippen LogP contribution < -0.4 is 54.8 Å². The number of hydrogen-bond acceptors (Lipinski definition) is 16. The lowest BCUT2D eigenvalue weighted by atomic mass is 10.00. The standard InChI is InChI=1S/C55H70ClN11O12S2/c1-30(68)46-54(78)65-44(55(79)67(2)45(48(60)72)27-34-13-21-38(70)22-14-34)29-81-80-28-43(64-49(73)39(58)24-31-9-17-36(56)18-10-31)53(77)63-42(26-33-11-19-37(69)20-12-33)52(76)62-41(25-32-7-15-35(16-8-32)47(59)71)51(75)61-40(50(74)66-46)6-4-3-5-23-57/h7-22,30,39-46,68-70H,3-6,23-29,57-58H2,1-2H3,(H2,59,71)(H2,60,72)(H,61,75)(H,62,76)(H,63,77)(H,64,73)(H,65,78)(H,66,74)/t30-,39+,40+,41-,42+,43-,44+,45-,46+/m1/s1. The molecule has 1 saturated heterocycles. The van der Waals surface area contributed by atoms with E-state index in [1.54, 1.807) is 24.3 Å². The van der Waals surface area contributed by atoms with Crippen molar-refractivity contribution in [2.24, 2.45) is 22.9 Å². The topological polar surface area (TPSA) is 394 Å². The first-order valence-electron chi connectivity index (χ1n) is 26.0. The number of unbranched alkanes of at least 4 members (excludes halogenated alkanes) is 2. The number of rotatable bonds is 20. The normalized spacial score (nSPS) is 20.8. The Bertz CT molecular complexity index is 2820. The molecule has 0 saturated carbocycles. The SMILES string of the molecule is C[C@@H](O)[C@@H]1NC(=O)[C@H](CCCCCN)NC(=O)[C@@H](Cc2ccc(C(N)=O)cc2)NC(=O)[C@H](Cc2ccc(O)cc2)NC(=O)[C@H](NC(=O)[C@@H](N)Cc2ccc(Cl)cc2)CSSC[C@@H](C(=O)N(C)[C@H](Cc2ccc(O)cc2)C(N)=O)NC1=O. The lowest BCUT2D eigenvalue weighted by Crippen LogP contribution is -2.62. The highest BCUT2D eigenvalue weighted by Crippen LogP contribution is 2.25. The van der Waals surface area contributed by atoms with Gasteiger partial charge in [-0.15, -0.1) is 0 Å². The third kappa shape index (κ3) is 20.3. The zero-order chi connectivity index (χ0) is 59.3. The predicted molar refractivity (Wildman–Crippen MR) is 307 cm³/mol. The molecule has 23 nitrogen and oxygen atoms in total. The summed E-state index contributed by atoms with van der Waals surface area (Å²) in [4.78, 5) is 128. The van der Waals surface area contributed by atoms with E-state index >= 15 is 0 Å². The third-order valence-electron chi connectivity index (χ3n) is 13.2. The van der Waals surface area contributed by atoms with Gasteiger partial charge in [-0.05, 0) is 104 Å². The smallest absolute Gasteiger partial charge is 0.248 e. The van der Waals surface area contributed by atoms with E-state index in [1.165, 1.54) is 86.8 Å². The third-order valence-corrected chi connectivity index (χ3v) is 15.9. The van der Waals surface area contributed by atoms with Gasteiger partial charge in [0.2, 0.25) is 53.2 Å². The molecule has 1 aliphatic heterocycles. The monoisotopic (exact) mass is 1180 g/mol. The van der Waals surface area contributed by atoms with Crippen molar-refractivity contribution in [3.63, 3.8) is 0 Å². The van der Waals surface area contributed by atoms with Crippen molar-refractivity contribution < 1.29 is 58.5 Å². The van der Waals surface area contributed by atoms with Gasteiger partial charge in [-0.1, -0.05) is 94.6 Å². The molecule has 1 aliphatic rings. The molecule has 0 aliphatic carbocycles. The van der Waals surface area contributed by atoms with Crippen LogP contribution in [0.2, 0.25) is 5.02 Å². The van der Waals surface area contributed by atoms with Crippen molar-refractivity contribution in [1.29, 1.82) is 0 Å². The van der Waals surface area contributed by atoms with Crippen LogP contribution in [-0.4, -0.2) is 153 Å². The molecule has 81 heavy (non-hydrogen) atoms. The molecular weight excluding hydrogens is 1110 g/mol. The number of nitrogens with two attached hydrogens (primary N) is 4. The Balaban J connectivity index is 1.60. The first-order valence-corrected chi connectivity index (χ1v) is 28.8. The van der Waals surface area contributed by atoms with Crippen LogP contribution in [0, 0.1) is 0 Å². The average Bonchev–Trinajstić information content (AvgIpc) is 3.45. The van der Waals surface area contributed by atoms with Crippen LogP contribution in [-0.2, 0) is 64.0 Å². The fraction of sp³-hybridized carbons (Fsp3) is 0.400. The second kappa shape index (κ2) is 31.5. The number of benzene rings is 4. The van der Waals surface area contributed by atoms with Crippen LogP contribution in [0.15, 0.2) is 97.1 Å². The van der Waals surface area contributed by atoms with Gasteiger partial charge < -0.3 is 75.1 Å². The molecule has 0 aromatic heterocycles. The van der Waals surface area contributed by atoms with Gasteiger partial charge in [0.15, 0.2) is 0 Å². The second-order valence-corrected chi connectivity index (χ2v) is 22.5. The maximum atomic E-state index is 14.8. The van der Waals surface area contributed by atoms with Crippen LogP contribution >= 0.6 is 33.2 Å². The van der Waals surface area contributed by atoms with Crippen molar-refractivity contribution in [1.82, 2.24) is 36.8 Å². The number of phenolic OH excluding ortho intramolecular Hbond substituents is 2. The van der Waals surface area contributed by atoms with Gasteiger partial charge in [0.05, 0.1) is 12.1 Å². The molecule has 17 N–H and O–H groups in total. The lowest BCUT2D eigenvalue weighted by molar-refractivity contribution is -0.141.